The molecule has 0 aliphatic heterocycles. The minimum atomic E-state index is -0.840. The Labute approximate surface area is 431 Å². The van der Waals surface area contributed by atoms with Gasteiger partial charge in [-0.15, -0.1) is 0 Å². The Morgan fingerprint density at radius 1 is 0.391 bits per heavy atom. The van der Waals surface area contributed by atoms with Crippen LogP contribution < -0.4 is 5.32 Å². The van der Waals surface area contributed by atoms with E-state index in [2.05, 4.69) is 19.2 Å². The molecule has 0 aromatic rings. The lowest BCUT2D eigenvalue weighted by molar-refractivity contribution is -0.143. The van der Waals surface area contributed by atoms with E-state index in [-0.39, 0.29) is 18.5 Å². The molecule has 0 aliphatic rings. The van der Waals surface area contributed by atoms with E-state index in [9.17, 15) is 19.8 Å². The standard InChI is InChI=1S/C63H123NO5/c1-3-5-7-9-11-13-15-16-29-33-37-41-45-49-53-57-63(68)69-58-54-50-46-42-38-34-31-28-26-24-22-20-18-17-19-21-23-25-27-30-32-36-40-44-48-52-56-62(67)64-60(59-65)61(66)55-51-47-43-39-35-14-12-10-8-6-4-2/h51,55,60-61,65-66H,3-50,52-54,56-59H2,1-2H3,(H,64,67)/b55-51+. The molecular weight excluding hydrogens is 851 g/mol. The zero-order valence-corrected chi connectivity index (χ0v) is 46.8. The quantitative estimate of drug-likeness (QED) is 0.0321. The Bertz CT molecular complexity index is 1030. The average Bonchev–Trinajstić information content (AvgIpc) is 3.35. The molecule has 0 rings (SSSR count). The molecule has 0 spiro atoms. The summed E-state index contributed by atoms with van der Waals surface area (Å²) in [6, 6.07) is -0.624. The molecule has 0 saturated carbocycles. The van der Waals surface area contributed by atoms with Gasteiger partial charge in [0.15, 0.2) is 0 Å². The number of allylic oxidation sites excluding steroid dienone is 1. The Kier molecular flexibility index (Phi) is 58.0. The molecule has 0 aromatic heterocycles. The van der Waals surface area contributed by atoms with Gasteiger partial charge >= 0.3 is 5.97 Å². The highest BCUT2D eigenvalue weighted by atomic mass is 16.5. The summed E-state index contributed by atoms with van der Waals surface area (Å²) in [5.74, 6) is -0.0452. The summed E-state index contributed by atoms with van der Waals surface area (Å²) in [5.41, 5.74) is 0. The number of amides is 1. The molecule has 0 radical (unpaired) electrons. The van der Waals surface area contributed by atoms with Gasteiger partial charge in [0.2, 0.25) is 5.91 Å². The van der Waals surface area contributed by atoms with Gasteiger partial charge in [0.25, 0.3) is 0 Å². The number of rotatable bonds is 59. The van der Waals surface area contributed by atoms with Gasteiger partial charge in [-0.25, -0.2) is 0 Å². The molecule has 410 valence electrons. The highest BCUT2D eigenvalue weighted by Crippen LogP contribution is 2.18. The molecule has 2 atom stereocenters. The normalized spacial score (nSPS) is 12.6. The Hall–Kier alpha value is -1.40. The van der Waals surface area contributed by atoms with Crippen LogP contribution in [0.25, 0.3) is 0 Å². The number of carbonyl (C=O) groups is 2. The number of carbonyl (C=O) groups excluding carboxylic acids is 2. The summed E-state index contributed by atoms with van der Waals surface area (Å²) in [7, 11) is 0. The second kappa shape index (κ2) is 59.2. The van der Waals surface area contributed by atoms with E-state index in [1.807, 2.05) is 6.08 Å². The van der Waals surface area contributed by atoms with E-state index >= 15 is 0 Å². The predicted octanol–water partition coefficient (Wildman–Crippen LogP) is 19.6. The monoisotopic (exact) mass is 974 g/mol. The topological polar surface area (TPSA) is 95.9 Å². The smallest absolute Gasteiger partial charge is 0.305 e. The van der Waals surface area contributed by atoms with Crippen LogP contribution in [0.5, 0.6) is 0 Å². The van der Waals surface area contributed by atoms with Crippen molar-refractivity contribution in [2.24, 2.45) is 0 Å². The zero-order valence-electron chi connectivity index (χ0n) is 46.8. The molecule has 0 fully saturated rings. The summed E-state index contributed by atoms with van der Waals surface area (Å²) >= 11 is 0. The van der Waals surface area contributed by atoms with Crippen molar-refractivity contribution in [1.82, 2.24) is 5.32 Å². The molecule has 0 aliphatic carbocycles. The highest BCUT2D eigenvalue weighted by molar-refractivity contribution is 5.76. The first kappa shape index (κ1) is 67.6. The molecule has 6 heteroatoms. The van der Waals surface area contributed by atoms with Crippen LogP contribution >= 0.6 is 0 Å². The van der Waals surface area contributed by atoms with Crippen LogP contribution in [0.3, 0.4) is 0 Å². The van der Waals surface area contributed by atoms with E-state index in [0.717, 1.165) is 38.5 Å². The average molecular weight is 975 g/mol. The Balaban J connectivity index is 3.33. The van der Waals surface area contributed by atoms with Crippen molar-refractivity contribution in [3.63, 3.8) is 0 Å². The fraction of sp³-hybridized carbons (Fsp3) is 0.937. The van der Waals surface area contributed by atoms with Crippen molar-refractivity contribution in [2.75, 3.05) is 13.2 Å². The van der Waals surface area contributed by atoms with Crippen LogP contribution in [0.15, 0.2) is 12.2 Å². The zero-order chi connectivity index (χ0) is 50.0. The van der Waals surface area contributed by atoms with Crippen LogP contribution in [0, 0.1) is 0 Å². The Morgan fingerprint density at radius 3 is 0.986 bits per heavy atom. The van der Waals surface area contributed by atoms with Crippen LogP contribution in [0.2, 0.25) is 0 Å². The van der Waals surface area contributed by atoms with Gasteiger partial charge in [-0.2, -0.15) is 0 Å². The number of aliphatic hydroxyl groups excluding tert-OH is 2. The van der Waals surface area contributed by atoms with Crippen molar-refractivity contribution in [3.8, 4) is 0 Å². The van der Waals surface area contributed by atoms with Gasteiger partial charge in [-0.05, 0) is 32.1 Å². The maximum absolute atomic E-state index is 12.4. The molecule has 69 heavy (non-hydrogen) atoms. The number of hydrogen-bond acceptors (Lipinski definition) is 5. The van der Waals surface area contributed by atoms with Gasteiger partial charge in [0.05, 0.1) is 25.4 Å². The van der Waals surface area contributed by atoms with Crippen molar-refractivity contribution < 1.29 is 24.5 Å². The molecule has 3 N–H and O–H groups in total. The van der Waals surface area contributed by atoms with Gasteiger partial charge in [-0.3, -0.25) is 9.59 Å². The van der Waals surface area contributed by atoms with Gasteiger partial charge in [-0.1, -0.05) is 321 Å². The van der Waals surface area contributed by atoms with Crippen LogP contribution in [0.1, 0.15) is 354 Å². The second-order valence-corrected chi connectivity index (χ2v) is 21.8. The van der Waals surface area contributed by atoms with E-state index in [0.29, 0.717) is 19.4 Å². The minimum absolute atomic E-state index is 0.0202. The van der Waals surface area contributed by atoms with Gasteiger partial charge in [0, 0.05) is 12.8 Å². The predicted molar refractivity (Wildman–Crippen MR) is 301 cm³/mol. The van der Waals surface area contributed by atoms with E-state index in [4.69, 9.17) is 4.74 Å². The molecule has 2 unspecified atom stereocenters. The van der Waals surface area contributed by atoms with Crippen molar-refractivity contribution >= 4 is 11.9 Å². The first-order chi connectivity index (χ1) is 34.0. The van der Waals surface area contributed by atoms with Crippen molar-refractivity contribution in [1.29, 1.82) is 0 Å². The lowest BCUT2D eigenvalue weighted by Crippen LogP contribution is -2.45. The lowest BCUT2D eigenvalue weighted by Gasteiger charge is -2.20. The molecule has 0 heterocycles. The van der Waals surface area contributed by atoms with Crippen LogP contribution in [0.4, 0.5) is 0 Å². The maximum atomic E-state index is 12.4. The third-order valence-corrected chi connectivity index (χ3v) is 14.8. The SMILES string of the molecule is CCCCCCCCCCC/C=C/C(O)C(CO)NC(=O)CCCCCCCCCCCCCCCCCCCCCCCCCCCCOC(=O)CCCCCCCCCCCCCCCCC. The molecular formula is C63H123NO5. The summed E-state index contributed by atoms with van der Waals surface area (Å²) in [4.78, 5) is 24.5. The molecule has 1 amide bonds. The second-order valence-electron chi connectivity index (χ2n) is 21.8. The third kappa shape index (κ3) is 55.8. The number of aliphatic hydroxyl groups is 2. The molecule has 0 aromatic carbocycles. The maximum Gasteiger partial charge on any atom is 0.305 e. The summed E-state index contributed by atoms with van der Waals surface area (Å²) < 4.78 is 5.49. The first-order valence-electron chi connectivity index (χ1n) is 31.5. The van der Waals surface area contributed by atoms with Crippen LogP contribution in [-0.4, -0.2) is 47.4 Å². The fourth-order valence-electron chi connectivity index (χ4n) is 9.99. The summed E-state index contributed by atoms with van der Waals surface area (Å²) in [6.45, 7) is 4.92. The van der Waals surface area contributed by atoms with Gasteiger partial charge in [0.1, 0.15) is 0 Å². The summed E-state index contributed by atoms with van der Waals surface area (Å²) in [6.07, 6.45) is 71.2. The van der Waals surface area contributed by atoms with Gasteiger partial charge < -0.3 is 20.3 Å². The lowest BCUT2D eigenvalue weighted by atomic mass is 10.0. The minimum Gasteiger partial charge on any atom is -0.466 e. The number of unbranched alkanes of at least 4 members (excludes halogenated alkanes) is 48. The first-order valence-corrected chi connectivity index (χ1v) is 31.5. The summed E-state index contributed by atoms with van der Waals surface area (Å²) in [5, 5.41) is 23.0. The highest BCUT2D eigenvalue weighted by Gasteiger charge is 2.18. The molecule has 0 saturated heterocycles. The van der Waals surface area contributed by atoms with E-state index < -0.39 is 12.1 Å². The fourth-order valence-corrected chi connectivity index (χ4v) is 9.99. The molecule has 6 nitrogen and oxygen atoms in total. The Morgan fingerprint density at radius 2 is 0.667 bits per heavy atom. The van der Waals surface area contributed by atoms with E-state index in [1.165, 1.54) is 289 Å². The number of esters is 1. The van der Waals surface area contributed by atoms with Crippen molar-refractivity contribution in [2.45, 2.75) is 366 Å². The number of ether oxygens (including phenoxy) is 1. The molecule has 0 bridgehead atoms. The van der Waals surface area contributed by atoms with Crippen molar-refractivity contribution in [3.05, 3.63) is 12.2 Å². The third-order valence-electron chi connectivity index (χ3n) is 14.8. The van der Waals surface area contributed by atoms with Crippen LogP contribution in [-0.2, 0) is 14.3 Å². The largest absolute Gasteiger partial charge is 0.466 e. The van der Waals surface area contributed by atoms with E-state index in [1.54, 1.807) is 6.08 Å². The number of nitrogens with one attached hydrogen (secondary N) is 1. The number of hydrogen-bond donors (Lipinski definition) is 3.